The third-order valence-corrected chi connectivity index (χ3v) is 2.11. The highest BCUT2D eigenvalue weighted by Crippen LogP contribution is 2.20. The number of benzene rings is 1. The number of ether oxygens (including phenoxy) is 1. The van der Waals surface area contributed by atoms with Gasteiger partial charge in [0.05, 0.1) is 12.7 Å². The Morgan fingerprint density at radius 2 is 2.21 bits per heavy atom. The molecule has 0 unspecified atom stereocenters. The number of nitrogens with two attached hydrogens (primary N) is 1. The monoisotopic (exact) mass is 192 g/mol. The maximum Gasteiger partial charge on any atom is 0.338 e. The number of methoxy groups -OCH3 is 1. The molecule has 0 atom stereocenters. The molecule has 0 radical (unpaired) electrons. The standard InChI is InChI=1S/C10H12N2O2/c1-6-8(10(13)14-2)4-3-7(5-11)9(6)12/h3-5,11H,12H2,1-2H3. The number of anilines is 1. The number of nitrogen functional groups attached to an aromatic ring is 1. The van der Waals surface area contributed by atoms with Crippen molar-refractivity contribution in [2.75, 3.05) is 12.8 Å². The van der Waals surface area contributed by atoms with Gasteiger partial charge in [0.25, 0.3) is 0 Å². The fourth-order valence-electron chi connectivity index (χ4n) is 1.21. The lowest BCUT2D eigenvalue weighted by atomic mass is 10.0. The van der Waals surface area contributed by atoms with Gasteiger partial charge in [0.15, 0.2) is 0 Å². The van der Waals surface area contributed by atoms with Gasteiger partial charge in [0, 0.05) is 17.5 Å². The van der Waals surface area contributed by atoms with Crippen molar-refractivity contribution in [2.24, 2.45) is 0 Å². The van der Waals surface area contributed by atoms with Crippen LogP contribution < -0.4 is 5.73 Å². The van der Waals surface area contributed by atoms with Crippen molar-refractivity contribution in [3.05, 3.63) is 28.8 Å². The second-order valence-corrected chi connectivity index (χ2v) is 2.88. The molecule has 0 heterocycles. The first-order valence-corrected chi connectivity index (χ1v) is 4.09. The number of nitrogens with one attached hydrogen (secondary N) is 1. The molecule has 0 saturated carbocycles. The molecule has 0 bridgehead atoms. The summed E-state index contributed by atoms with van der Waals surface area (Å²) in [5.41, 5.74) is 7.87. The molecule has 1 aromatic carbocycles. The first-order chi connectivity index (χ1) is 6.61. The van der Waals surface area contributed by atoms with Crippen LogP contribution in [0.25, 0.3) is 0 Å². The fraction of sp³-hybridized carbons (Fsp3) is 0.200. The zero-order chi connectivity index (χ0) is 10.7. The van der Waals surface area contributed by atoms with Gasteiger partial charge in [0.2, 0.25) is 0 Å². The Bertz CT molecular complexity index is 386. The molecule has 0 aromatic heterocycles. The molecule has 0 fully saturated rings. The Hall–Kier alpha value is -1.84. The predicted molar refractivity (Wildman–Crippen MR) is 54.8 cm³/mol. The average molecular weight is 192 g/mol. The van der Waals surface area contributed by atoms with Gasteiger partial charge in [-0.25, -0.2) is 4.79 Å². The van der Waals surface area contributed by atoms with Crippen LogP contribution in [0.15, 0.2) is 12.1 Å². The van der Waals surface area contributed by atoms with E-state index in [0.29, 0.717) is 22.4 Å². The molecule has 0 aliphatic heterocycles. The second kappa shape index (κ2) is 3.91. The summed E-state index contributed by atoms with van der Waals surface area (Å²) >= 11 is 0. The maximum absolute atomic E-state index is 11.3. The molecule has 4 heteroatoms. The summed E-state index contributed by atoms with van der Waals surface area (Å²) in [5.74, 6) is -0.411. The highest BCUT2D eigenvalue weighted by Gasteiger charge is 2.12. The Morgan fingerprint density at radius 3 is 2.71 bits per heavy atom. The van der Waals surface area contributed by atoms with E-state index in [4.69, 9.17) is 11.1 Å². The SMILES string of the molecule is COC(=O)c1ccc(C=N)c(N)c1C. The summed E-state index contributed by atoms with van der Waals surface area (Å²) in [6.45, 7) is 1.73. The van der Waals surface area contributed by atoms with Crippen LogP contribution in [0.4, 0.5) is 5.69 Å². The Labute approximate surface area is 82.2 Å². The Morgan fingerprint density at radius 1 is 1.57 bits per heavy atom. The first kappa shape index (κ1) is 10.2. The van der Waals surface area contributed by atoms with Gasteiger partial charge in [-0.1, -0.05) is 6.07 Å². The van der Waals surface area contributed by atoms with Crippen LogP contribution in [0.5, 0.6) is 0 Å². The summed E-state index contributed by atoms with van der Waals surface area (Å²) in [7, 11) is 1.32. The molecule has 14 heavy (non-hydrogen) atoms. The van der Waals surface area contributed by atoms with Crippen LogP contribution in [0.1, 0.15) is 21.5 Å². The highest BCUT2D eigenvalue weighted by atomic mass is 16.5. The molecule has 4 nitrogen and oxygen atoms in total. The quantitative estimate of drug-likeness (QED) is 0.422. The van der Waals surface area contributed by atoms with Gasteiger partial charge in [0.1, 0.15) is 0 Å². The minimum Gasteiger partial charge on any atom is -0.465 e. The van der Waals surface area contributed by atoms with Gasteiger partial charge in [-0.15, -0.1) is 0 Å². The van der Waals surface area contributed by atoms with Crippen molar-refractivity contribution in [3.63, 3.8) is 0 Å². The minimum atomic E-state index is -0.411. The maximum atomic E-state index is 11.3. The lowest BCUT2D eigenvalue weighted by Crippen LogP contribution is -2.07. The number of carbonyl (C=O) groups excluding carboxylic acids is 1. The van der Waals surface area contributed by atoms with Crippen molar-refractivity contribution in [2.45, 2.75) is 6.92 Å². The van der Waals surface area contributed by atoms with Crippen LogP contribution in [0.2, 0.25) is 0 Å². The average Bonchev–Trinajstić information content (AvgIpc) is 2.21. The third-order valence-electron chi connectivity index (χ3n) is 2.11. The second-order valence-electron chi connectivity index (χ2n) is 2.88. The van der Waals surface area contributed by atoms with Crippen LogP contribution in [-0.2, 0) is 4.74 Å². The van der Waals surface area contributed by atoms with Crippen LogP contribution in [-0.4, -0.2) is 19.3 Å². The molecule has 1 rings (SSSR count). The van der Waals surface area contributed by atoms with Gasteiger partial charge >= 0.3 is 5.97 Å². The normalized spacial score (nSPS) is 9.57. The summed E-state index contributed by atoms with van der Waals surface area (Å²) in [5, 5.41) is 7.08. The van der Waals surface area contributed by atoms with Gasteiger partial charge in [-0.2, -0.15) is 0 Å². The molecule has 0 aliphatic rings. The number of hydrogen-bond acceptors (Lipinski definition) is 4. The number of carbonyl (C=O) groups is 1. The van der Waals surface area contributed by atoms with Crippen LogP contribution in [0.3, 0.4) is 0 Å². The van der Waals surface area contributed by atoms with Crippen molar-refractivity contribution in [3.8, 4) is 0 Å². The Kier molecular flexibility index (Phi) is 2.86. The molecule has 3 N–H and O–H groups in total. The molecule has 0 spiro atoms. The van der Waals surface area contributed by atoms with Crippen LogP contribution in [0, 0.1) is 12.3 Å². The summed E-state index contributed by atoms with van der Waals surface area (Å²) in [6, 6.07) is 3.24. The summed E-state index contributed by atoms with van der Waals surface area (Å²) < 4.78 is 4.59. The molecular weight excluding hydrogens is 180 g/mol. The van der Waals surface area contributed by atoms with E-state index in [2.05, 4.69) is 4.74 Å². The summed E-state index contributed by atoms with van der Waals surface area (Å²) in [6.07, 6.45) is 1.16. The zero-order valence-electron chi connectivity index (χ0n) is 8.13. The molecular formula is C10H12N2O2. The Balaban J connectivity index is 3.30. The number of rotatable bonds is 2. The van der Waals surface area contributed by atoms with E-state index in [0.717, 1.165) is 6.21 Å². The fourth-order valence-corrected chi connectivity index (χ4v) is 1.21. The highest BCUT2D eigenvalue weighted by molar-refractivity contribution is 5.96. The smallest absolute Gasteiger partial charge is 0.338 e. The number of hydrogen-bond donors (Lipinski definition) is 2. The third kappa shape index (κ3) is 1.59. The van der Waals surface area contributed by atoms with E-state index in [1.54, 1.807) is 19.1 Å². The zero-order valence-corrected chi connectivity index (χ0v) is 8.13. The molecule has 0 amide bonds. The lowest BCUT2D eigenvalue weighted by Gasteiger charge is -2.08. The van der Waals surface area contributed by atoms with Crippen LogP contribution >= 0.6 is 0 Å². The predicted octanol–water partition coefficient (Wildman–Crippen LogP) is 1.36. The van der Waals surface area contributed by atoms with Crippen molar-refractivity contribution < 1.29 is 9.53 Å². The van der Waals surface area contributed by atoms with Gasteiger partial charge in [-0.3, -0.25) is 0 Å². The van der Waals surface area contributed by atoms with E-state index in [9.17, 15) is 4.79 Å². The topological polar surface area (TPSA) is 76.2 Å². The van der Waals surface area contributed by atoms with E-state index in [-0.39, 0.29) is 0 Å². The van der Waals surface area contributed by atoms with Gasteiger partial charge in [-0.05, 0) is 18.6 Å². The molecule has 0 saturated heterocycles. The van der Waals surface area contributed by atoms with E-state index < -0.39 is 5.97 Å². The van der Waals surface area contributed by atoms with Gasteiger partial charge < -0.3 is 15.9 Å². The number of esters is 1. The largest absolute Gasteiger partial charge is 0.465 e. The molecule has 1 aromatic rings. The summed E-state index contributed by atoms with van der Waals surface area (Å²) in [4.78, 5) is 11.3. The van der Waals surface area contributed by atoms with Crippen molar-refractivity contribution >= 4 is 17.9 Å². The van der Waals surface area contributed by atoms with E-state index in [1.807, 2.05) is 0 Å². The lowest BCUT2D eigenvalue weighted by molar-refractivity contribution is 0.0600. The molecule has 74 valence electrons. The van der Waals surface area contributed by atoms with E-state index >= 15 is 0 Å². The first-order valence-electron chi connectivity index (χ1n) is 4.09. The minimum absolute atomic E-state index is 0.411. The van der Waals surface area contributed by atoms with Crippen molar-refractivity contribution in [1.29, 1.82) is 5.41 Å². The van der Waals surface area contributed by atoms with Crippen molar-refractivity contribution in [1.82, 2.24) is 0 Å². The molecule has 0 aliphatic carbocycles. The van der Waals surface area contributed by atoms with E-state index in [1.165, 1.54) is 7.11 Å².